The summed E-state index contributed by atoms with van der Waals surface area (Å²) in [5.74, 6) is -1.07. The molecular weight excluding hydrogens is 232 g/mol. The second-order valence-corrected chi connectivity index (χ2v) is 3.31. The molecule has 1 aromatic rings. The first-order valence-corrected chi connectivity index (χ1v) is 5.25. The number of hydrogen-bond acceptors (Lipinski definition) is 4. The molecule has 5 heteroatoms. The summed E-state index contributed by atoms with van der Waals surface area (Å²) in [6, 6.07) is 8.53. The van der Waals surface area contributed by atoms with Crippen LogP contribution in [0, 0.1) is 11.3 Å². The van der Waals surface area contributed by atoms with Gasteiger partial charge in [-0.3, -0.25) is 4.79 Å². The quantitative estimate of drug-likeness (QED) is 0.644. The molecule has 0 spiro atoms. The van der Waals surface area contributed by atoms with E-state index in [9.17, 15) is 9.59 Å². The summed E-state index contributed by atoms with van der Waals surface area (Å²) in [4.78, 5) is 22.4. The molecule has 0 atom stereocenters. The topological polar surface area (TPSA) is 79.2 Å². The summed E-state index contributed by atoms with van der Waals surface area (Å²) in [6.45, 7) is 1.29. The lowest BCUT2D eigenvalue weighted by Gasteiger charge is -2.06. The third-order valence-electron chi connectivity index (χ3n) is 1.97. The van der Waals surface area contributed by atoms with Crippen LogP contribution in [0.4, 0.5) is 5.69 Å². The van der Waals surface area contributed by atoms with E-state index in [1.165, 1.54) is 12.2 Å². The lowest BCUT2D eigenvalue weighted by Crippen LogP contribution is -2.20. The highest BCUT2D eigenvalue weighted by Crippen LogP contribution is 2.13. The molecule has 1 rings (SSSR count). The number of benzene rings is 1. The van der Waals surface area contributed by atoms with Crippen LogP contribution in [0.3, 0.4) is 0 Å². The number of nitrogens with one attached hydrogen (secondary N) is 1. The molecular formula is C13H12N2O3. The number of amides is 1. The summed E-state index contributed by atoms with van der Waals surface area (Å²) in [5.41, 5.74) is 0.748. The van der Waals surface area contributed by atoms with Crippen molar-refractivity contribution in [2.45, 2.75) is 6.92 Å². The van der Waals surface area contributed by atoms with Crippen molar-refractivity contribution in [1.82, 2.24) is 0 Å². The fraction of sp³-hybridized carbons (Fsp3) is 0.154. The van der Waals surface area contributed by atoms with E-state index in [4.69, 9.17) is 5.26 Å². The Labute approximate surface area is 105 Å². The van der Waals surface area contributed by atoms with Crippen molar-refractivity contribution < 1.29 is 14.3 Å². The summed E-state index contributed by atoms with van der Waals surface area (Å²) in [5, 5.41) is 11.3. The van der Waals surface area contributed by atoms with E-state index in [2.05, 4.69) is 10.1 Å². The highest BCUT2D eigenvalue weighted by molar-refractivity contribution is 5.94. The zero-order valence-corrected chi connectivity index (χ0v) is 9.84. The fourth-order valence-corrected chi connectivity index (χ4v) is 1.20. The number of carbonyl (C=O) groups is 2. The summed E-state index contributed by atoms with van der Waals surface area (Å²) >= 11 is 0. The predicted octanol–water partition coefficient (Wildman–Crippen LogP) is 1.62. The van der Waals surface area contributed by atoms with Gasteiger partial charge in [0.15, 0.2) is 6.61 Å². The Morgan fingerprint density at radius 2 is 2.17 bits per heavy atom. The second kappa shape index (κ2) is 6.86. The molecule has 0 fully saturated rings. The third kappa shape index (κ3) is 4.10. The van der Waals surface area contributed by atoms with Crippen LogP contribution < -0.4 is 5.32 Å². The Bertz CT molecular complexity index is 515. The molecule has 0 aliphatic rings. The van der Waals surface area contributed by atoms with Gasteiger partial charge in [-0.25, -0.2) is 4.79 Å². The molecule has 92 valence electrons. The molecule has 0 radical (unpaired) electrons. The van der Waals surface area contributed by atoms with E-state index in [0.29, 0.717) is 11.3 Å². The number of para-hydroxylation sites is 1. The van der Waals surface area contributed by atoms with Crippen LogP contribution in [0.15, 0.2) is 36.4 Å². The molecule has 1 aromatic carbocycles. The zero-order chi connectivity index (χ0) is 13.4. The highest BCUT2D eigenvalue weighted by atomic mass is 16.5. The Morgan fingerprint density at radius 1 is 1.44 bits per heavy atom. The number of carbonyl (C=O) groups excluding carboxylic acids is 2. The van der Waals surface area contributed by atoms with Gasteiger partial charge in [-0.05, 0) is 19.1 Å². The summed E-state index contributed by atoms with van der Waals surface area (Å²) in [7, 11) is 0. The first kappa shape index (κ1) is 13.5. The summed E-state index contributed by atoms with van der Waals surface area (Å²) in [6.07, 6.45) is 2.74. The van der Waals surface area contributed by atoms with Crippen LogP contribution in [0.25, 0.3) is 0 Å². The number of hydrogen-bond donors (Lipinski definition) is 1. The van der Waals surface area contributed by atoms with Gasteiger partial charge in [0.25, 0.3) is 5.91 Å². The molecule has 0 saturated heterocycles. The Hall–Kier alpha value is -2.61. The lowest BCUT2D eigenvalue weighted by molar-refractivity contribution is -0.142. The molecule has 0 saturated carbocycles. The molecule has 1 amide bonds. The average molecular weight is 244 g/mol. The van der Waals surface area contributed by atoms with E-state index in [-0.39, 0.29) is 6.61 Å². The van der Waals surface area contributed by atoms with E-state index in [0.717, 1.165) is 0 Å². The van der Waals surface area contributed by atoms with E-state index >= 15 is 0 Å². The maximum Gasteiger partial charge on any atom is 0.330 e. The van der Waals surface area contributed by atoms with Crippen molar-refractivity contribution in [3.8, 4) is 6.07 Å². The normalized spacial score (nSPS) is 9.78. The number of rotatable bonds is 4. The number of esters is 1. The molecule has 0 aromatic heterocycles. The van der Waals surface area contributed by atoms with Gasteiger partial charge >= 0.3 is 5.97 Å². The molecule has 0 bridgehead atoms. The zero-order valence-electron chi connectivity index (χ0n) is 9.84. The number of anilines is 1. The molecule has 1 N–H and O–H groups in total. The molecule has 0 heterocycles. The highest BCUT2D eigenvalue weighted by Gasteiger charge is 2.07. The van der Waals surface area contributed by atoms with Crippen molar-refractivity contribution in [3.05, 3.63) is 42.0 Å². The number of nitriles is 1. The maximum atomic E-state index is 11.5. The second-order valence-electron chi connectivity index (χ2n) is 3.31. The van der Waals surface area contributed by atoms with Crippen LogP contribution in [-0.2, 0) is 14.3 Å². The van der Waals surface area contributed by atoms with E-state index < -0.39 is 11.9 Å². The fourth-order valence-electron chi connectivity index (χ4n) is 1.20. The van der Waals surface area contributed by atoms with Crippen LogP contribution in [-0.4, -0.2) is 18.5 Å². The number of allylic oxidation sites excluding steroid dienone is 1. The standard InChI is InChI=1S/C13H12N2O3/c1-2-5-13(17)18-9-12(16)15-11-7-4-3-6-10(11)8-14/h2-7H,9H2,1H3,(H,15,16)/b5-2+. The van der Waals surface area contributed by atoms with Crippen LogP contribution in [0.5, 0.6) is 0 Å². The van der Waals surface area contributed by atoms with Crippen molar-refractivity contribution in [1.29, 1.82) is 5.26 Å². The SMILES string of the molecule is C/C=C/C(=O)OCC(=O)Nc1ccccc1C#N. The molecule has 0 aliphatic heterocycles. The van der Waals surface area contributed by atoms with Gasteiger partial charge in [0.2, 0.25) is 0 Å². The lowest BCUT2D eigenvalue weighted by atomic mass is 10.2. The van der Waals surface area contributed by atoms with E-state index in [1.54, 1.807) is 31.2 Å². The first-order chi connectivity index (χ1) is 8.67. The van der Waals surface area contributed by atoms with Crippen molar-refractivity contribution in [2.75, 3.05) is 11.9 Å². The van der Waals surface area contributed by atoms with Gasteiger partial charge in [0, 0.05) is 6.08 Å². The van der Waals surface area contributed by atoms with E-state index in [1.807, 2.05) is 6.07 Å². The summed E-state index contributed by atoms with van der Waals surface area (Å²) < 4.78 is 4.67. The Kier molecular flexibility index (Phi) is 5.13. The van der Waals surface area contributed by atoms with Gasteiger partial charge in [-0.15, -0.1) is 0 Å². The monoisotopic (exact) mass is 244 g/mol. The maximum absolute atomic E-state index is 11.5. The van der Waals surface area contributed by atoms with Crippen molar-refractivity contribution in [2.24, 2.45) is 0 Å². The largest absolute Gasteiger partial charge is 0.452 e. The van der Waals surface area contributed by atoms with Crippen LogP contribution in [0.2, 0.25) is 0 Å². The molecule has 18 heavy (non-hydrogen) atoms. The minimum atomic E-state index is -0.582. The Morgan fingerprint density at radius 3 is 2.83 bits per heavy atom. The van der Waals surface area contributed by atoms with Gasteiger partial charge < -0.3 is 10.1 Å². The van der Waals surface area contributed by atoms with Crippen LogP contribution in [0.1, 0.15) is 12.5 Å². The van der Waals surface area contributed by atoms with Gasteiger partial charge in [-0.2, -0.15) is 5.26 Å². The van der Waals surface area contributed by atoms with Crippen LogP contribution >= 0.6 is 0 Å². The molecule has 0 aliphatic carbocycles. The first-order valence-electron chi connectivity index (χ1n) is 5.25. The number of nitrogens with zero attached hydrogens (tertiary/aromatic N) is 1. The predicted molar refractivity (Wildman–Crippen MR) is 65.6 cm³/mol. The molecule has 0 unspecified atom stereocenters. The minimum Gasteiger partial charge on any atom is -0.452 e. The number of ether oxygens (including phenoxy) is 1. The van der Waals surface area contributed by atoms with Gasteiger partial charge in [-0.1, -0.05) is 18.2 Å². The molecule has 5 nitrogen and oxygen atoms in total. The Balaban J connectivity index is 2.55. The smallest absolute Gasteiger partial charge is 0.330 e. The van der Waals surface area contributed by atoms with Crippen molar-refractivity contribution in [3.63, 3.8) is 0 Å². The minimum absolute atomic E-state index is 0.352. The third-order valence-corrected chi connectivity index (χ3v) is 1.97. The van der Waals surface area contributed by atoms with Crippen molar-refractivity contribution >= 4 is 17.6 Å². The average Bonchev–Trinajstić information content (AvgIpc) is 2.37. The van der Waals surface area contributed by atoms with Gasteiger partial charge in [0.05, 0.1) is 11.3 Å². The van der Waals surface area contributed by atoms with Gasteiger partial charge in [0.1, 0.15) is 6.07 Å².